The number of rotatable bonds is 7. The van der Waals surface area contributed by atoms with Crippen LogP contribution in [-0.2, 0) is 6.54 Å². The second-order valence-corrected chi connectivity index (χ2v) is 6.42. The summed E-state index contributed by atoms with van der Waals surface area (Å²) in [6.45, 7) is 8.92. The largest absolute Gasteiger partial charge is 0.316 e. The Labute approximate surface area is 129 Å². The molecule has 0 aromatic carbocycles. The van der Waals surface area contributed by atoms with Crippen molar-refractivity contribution in [3.05, 3.63) is 18.0 Å². The van der Waals surface area contributed by atoms with Crippen molar-refractivity contribution in [1.29, 1.82) is 0 Å². The second kappa shape index (κ2) is 8.54. The third-order valence-corrected chi connectivity index (χ3v) is 4.54. The van der Waals surface area contributed by atoms with Crippen LogP contribution in [0.15, 0.2) is 12.4 Å². The first-order chi connectivity index (χ1) is 10.3. The van der Waals surface area contributed by atoms with Gasteiger partial charge < -0.3 is 5.32 Å². The molecule has 21 heavy (non-hydrogen) atoms. The number of nitrogens with zero attached hydrogens (tertiary/aromatic N) is 3. The molecule has 2 unspecified atom stereocenters. The summed E-state index contributed by atoms with van der Waals surface area (Å²) in [6, 6.07) is 0.516. The highest BCUT2D eigenvalue weighted by Gasteiger charge is 2.29. The number of likely N-dealkylation sites (tertiary alicyclic amines) is 1. The van der Waals surface area contributed by atoms with E-state index in [4.69, 9.17) is 0 Å². The molecule has 1 aromatic rings. The Hall–Kier alpha value is -0.870. The Morgan fingerprint density at radius 1 is 1.29 bits per heavy atom. The first-order valence-corrected chi connectivity index (χ1v) is 8.69. The molecule has 1 aliphatic rings. The van der Waals surface area contributed by atoms with E-state index in [-0.39, 0.29) is 0 Å². The van der Waals surface area contributed by atoms with Crippen molar-refractivity contribution in [1.82, 2.24) is 20.0 Å². The quantitative estimate of drug-likeness (QED) is 0.784. The maximum absolute atomic E-state index is 4.55. The molecule has 2 heterocycles. The Kier molecular flexibility index (Phi) is 6.71. The van der Waals surface area contributed by atoms with Crippen LogP contribution in [0.2, 0.25) is 0 Å². The van der Waals surface area contributed by atoms with E-state index in [1.165, 1.54) is 37.8 Å². The summed E-state index contributed by atoms with van der Waals surface area (Å²) < 4.78 is 2.10. The van der Waals surface area contributed by atoms with Crippen molar-refractivity contribution in [3.63, 3.8) is 0 Å². The number of nitrogens with one attached hydrogen (secondary N) is 1. The Balaban J connectivity index is 2.10. The number of aromatic nitrogens is 2. The summed E-state index contributed by atoms with van der Waals surface area (Å²) in [5.74, 6) is 0.698. The van der Waals surface area contributed by atoms with Gasteiger partial charge in [-0.05, 0) is 58.3 Å². The number of hydrogen-bond acceptors (Lipinski definition) is 3. The van der Waals surface area contributed by atoms with Crippen molar-refractivity contribution in [2.24, 2.45) is 5.92 Å². The lowest BCUT2D eigenvalue weighted by Crippen LogP contribution is -2.35. The molecule has 0 aliphatic carbocycles. The molecule has 1 aromatic heterocycles. The molecule has 1 saturated heterocycles. The smallest absolute Gasteiger partial charge is 0.0537 e. The van der Waals surface area contributed by atoms with Gasteiger partial charge in [-0.3, -0.25) is 9.58 Å². The topological polar surface area (TPSA) is 33.1 Å². The summed E-state index contributed by atoms with van der Waals surface area (Å²) in [6.07, 6.45) is 10.7. The fraction of sp³-hybridized carbons (Fsp3) is 0.824. The zero-order valence-electron chi connectivity index (χ0n) is 14.0. The van der Waals surface area contributed by atoms with E-state index in [0.29, 0.717) is 12.0 Å². The van der Waals surface area contributed by atoms with Gasteiger partial charge in [0.2, 0.25) is 0 Å². The van der Waals surface area contributed by atoms with Crippen LogP contribution in [0, 0.1) is 5.92 Å². The SMILES string of the molecule is CCCNCC1CCCCN(C)C1c1cnn(CCC)c1. The molecule has 1 aliphatic heterocycles. The predicted octanol–water partition coefficient (Wildman–Crippen LogP) is 3.07. The van der Waals surface area contributed by atoms with Crippen LogP contribution in [0.3, 0.4) is 0 Å². The summed E-state index contributed by atoms with van der Waals surface area (Å²) in [5, 5.41) is 8.18. The van der Waals surface area contributed by atoms with Gasteiger partial charge in [0.15, 0.2) is 0 Å². The molecule has 0 saturated carbocycles. The molecular formula is C17H32N4. The fourth-order valence-corrected chi connectivity index (χ4v) is 3.51. The minimum absolute atomic E-state index is 0.516. The van der Waals surface area contributed by atoms with Gasteiger partial charge in [-0.25, -0.2) is 0 Å². The lowest BCUT2D eigenvalue weighted by Gasteiger charge is -2.32. The summed E-state index contributed by atoms with van der Waals surface area (Å²) in [5.41, 5.74) is 1.40. The van der Waals surface area contributed by atoms with Crippen molar-refractivity contribution < 1.29 is 0 Å². The van der Waals surface area contributed by atoms with Gasteiger partial charge in [-0.2, -0.15) is 5.10 Å². The van der Waals surface area contributed by atoms with Gasteiger partial charge in [0.05, 0.1) is 6.20 Å². The minimum atomic E-state index is 0.516. The second-order valence-electron chi connectivity index (χ2n) is 6.42. The Morgan fingerprint density at radius 2 is 2.14 bits per heavy atom. The van der Waals surface area contributed by atoms with Gasteiger partial charge >= 0.3 is 0 Å². The molecular weight excluding hydrogens is 260 g/mol. The molecule has 0 spiro atoms. The van der Waals surface area contributed by atoms with Crippen molar-refractivity contribution in [2.75, 3.05) is 26.7 Å². The third-order valence-electron chi connectivity index (χ3n) is 4.54. The Morgan fingerprint density at radius 3 is 2.90 bits per heavy atom. The average Bonchev–Trinajstić information content (AvgIpc) is 2.84. The molecule has 1 N–H and O–H groups in total. The zero-order valence-corrected chi connectivity index (χ0v) is 14.0. The summed E-state index contributed by atoms with van der Waals surface area (Å²) >= 11 is 0. The lowest BCUT2D eigenvalue weighted by molar-refractivity contribution is 0.189. The fourth-order valence-electron chi connectivity index (χ4n) is 3.51. The van der Waals surface area contributed by atoms with Gasteiger partial charge in [0, 0.05) is 24.3 Å². The highest BCUT2D eigenvalue weighted by atomic mass is 15.3. The predicted molar refractivity (Wildman–Crippen MR) is 88.4 cm³/mol. The van der Waals surface area contributed by atoms with Crippen LogP contribution in [0.5, 0.6) is 0 Å². The Bertz CT molecular complexity index is 401. The van der Waals surface area contributed by atoms with Crippen molar-refractivity contribution in [3.8, 4) is 0 Å². The van der Waals surface area contributed by atoms with Crippen LogP contribution in [0.4, 0.5) is 0 Å². The van der Waals surface area contributed by atoms with E-state index in [2.05, 4.69) is 53.3 Å². The molecule has 0 bridgehead atoms. The first kappa shape index (κ1) is 16.5. The average molecular weight is 292 g/mol. The van der Waals surface area contributed by atoms with Crippen LogP contribution in [0.25, 0.3) is 0 Å². The summed E-state index contributed by atoms with van der Waals surface area (Å²) in [4.78, 5) is 2.54. The molecule has 4 nitrogen and oxygen atoms in total. The van der Waals surface area contributed by atoms with Crippen LogP contribution < -0.4 is 5.32 Å². The number of hydrogen-bond donors (Lipinski definition) is 1. The van der Waals surface area contributed by atoms with Gasteiger partial charge in [-0.1, -0.05) is 20.3 Å². The van der Waals surface area contributed by atoms with Gasteiger partial charge in [-0.15, -0.1) is 0 Å². The molecule has 2 rings (SSSR count). The van der Waals surface area contributed by atoms with E-state index in [1.54, 1.807) is 0 Å². The first-order valence-electron chi connectivity index (χ1n) is 8.69. The van der Waals surface area contributed by atoms with Gasteiger partial charge in [0.25, 0.3) is 0 Å². The minimum Gasteiger partial charge on any atom is -0.316 e. The monoisotopic (exact) mass is 292 g/mol. The van der Waals surface area contributed by atoms with Gasteiger partial charge in [0.1, 0.15) is 0 Å². The highest BCUT2D eigenvalue weighted by Crippen LogP contribution is 2.33. The standard InChI is InChI=1S/C17H32N4/c1-4-9-18-12-15-8-6-7-11-20(3)17(15)16-13-19-21(14-16)10-5-2/h13-15,17-18H,4-12H2,1-3H3. The normalized spacial score (nSPS) is 24.1. The molecule has 1 fully saturated rings. The molecule has 120 valence electrons. The van der Waals surface area contributed by atoms with Crippen molar-refractivity contribution in [2.45, 2.75) is 58.5 Å². The van der Waals surface area contributed by atoms with Crippen LogP contribution >= 0.6 is 0 Å². The van der Waals surface area contributed by atoms with E-state index in [0.717, 1.165) is 26.1 Å². The van der Waals surface area contributed by atoms with E-state index < -0.39 is 0 Å². The zero-order chi connectivity index (χ0) is 15.1. The lowest BCUT2D eigenvalue weighted by atomic mass is 9.91. The van der Waals surface area contributed by atoms with Crippen LogP contribution in [0.1, 0.15) is 57.6 Å². The van der Waals surface area contributed by atoms with E-state index >= 15 is 0 Å². The molecule has 4 heteroatoms. The third kappa shape index (κ3) is 4.55. The van der Waals surface area contributed by atoms with E-state index in [9.17, 15) is 0 Å². The molecule has 0 radical (unpaired) electrons. The highest BCUT2D eigenvalue weighted by molar-refractivity contribution is 5.13. The maximum atomic E-state index is 4.55. The van der Waals surface area contributed by atoms with E-state index in [1.807, 2.05) is 0 Å². The van der Waals surface area contributed by atoms with Crippen LogP contribution in [-0.4, -0.2) is 41.4 Å². The summed E-state index contributed by atoms with van der Waals surface area (Å²) in [7, 11) is 2.28. The molecule has 0 amide bonds. The maximum Gasteiger partial charge on any atom is 0.0537 e. The molecule has 2 atom stereocenters. The van der Waals surface area contributed by atoms with Crippen molar-refractivity contribution >= 4 is 0 Å². The number of aryl methyl sites for hydroxylation is 1.